The molecule has 3 nitrogen and oxygen atoms in total. The predicted molar refractivity (Wildman–Crippen MR) is 80.9 cm³/mol. The standard InChI is InChI=1S/C17H24FNO2/c1-13-7-8-15(16(18)11-13)17(20)19-9-3-5-14(12-19)6-4-10-21-2/h7-8,11,14H,3-6,9-10,12H2,1-2H3/t14-/m0/s1. The van der Waals surface area contributed by atoms with Gasteiger partial charge in [-0.1, -0.05) is 6.07 Å². The number of nitrogens with zero attached hydrogens (tertiary/aromatic N) is 1. The molecule has 0 unspecified atom stereocenters. The van der Waals surface area contributed by atoms with Crippen LogP contribution in [0.5, 0.6) is 0 Å². The number of piperidine rings is 1. The lowest BCUT2D eigenvalue weighted by atomic mass is 9.93. The van der Waals surface area contributed by atoms with Crippen molar-refractivity contribution in [3.8, 4) is 0 Å². The number of hydrogen-bond donors (Lipinski definition) is 0. The molecule has 2 rings (SSSR count). The third kappa shape index (κ3) is 4.27. The number of methoxy groups -OCH3 is 1. The summed E-state index contributed by atoms with van der Waals surface area (Å²) in [5, 5.41) is 0. The summed E-state index contributed by atoms with van der Waals surface area (Å²) in [5.41, 5.74) is 1.03. The van der Waals surface area contributed by atoms with Crippen LogP contribution in [-0.4, -0.2) is 37.6 Å². The molecule has 21 heavy (non-hydrogen) atoms. The molecule has 0 radical (unpaired) electrons. The van der Waals surface area contributed by atoms with Crippen LogP contribution in [0, 0.1) is 18.7 Å². The Balaban J connectivity index is 1.98. The minimum Gasteiger partial charge on any atom is -0.385 e. The number of rotatable bonds is 5. The summed E-state index contributed by atoms with van der Waals surface area (Å²) in [6.45, 7) is 4.05. The van der Waals surface area contributed by atoms with Gasteiger partial charge in [0.15, 0.2) is 0 Å². The number of carbonyl (C=O) groups excluding carboxylic acids is 1. The first kappa shape index (κ1) is 16.0. The van der Waals surface area contributed by atoms with Crippen LogP contribution in [0.25, 0.3) is 0 Å². The number of ether oxygens (including phenoxy) is 1. The number of halogens is 1. The Morgan fingerprint density at radius 1 is 1.48 bits per heavy atom. The van der Waals surface area contributed by atoms with Crippen molar-refractivity contribution >= 4 is 5.91 Å². The van der Waals surface area contributed by atoms with Crippen molar-refractivity contribution in [2.24, 2.45) is 5.92 Å². The largest absolute Gasteiger partial charge is 0.385 e. The van der Waals surface area contributed by atoms with Crippen LogP contribution in [0.2, 0.25) is 0 Å². The van der Waals surface area contributed by atoms with Crippen molar-refractivity contribution in [1.29, 1.82) is 0 Å². The van der Waals surface area contributed by atoms with Crippen molar-refractivity contribution < 1.29 is 13.9 Å². The van der Waals surface area contributed by atoms with E-state index in [-0.39, 0.29) is 11.5 Å². The van der Waals surface area contributed by atoms with Crippen LogP contribution in [-0.2, 0) is 4.74 Å². The molecule has 1 aliphatic rings. The number of likely N-dealkylation sites (tertiary alicyclic amines) is 1. The molecule has 1 saturated heterocycles. The Kier molecular flexibility index (Phi) is 5.74. The highest BCUT2D eigenvalue weighted by atomic mass is 19.1. The molecule has 1 heterocycles. The molecule has 0 saturated carbocycles. The molecule has 1 amide bonds. The van der Waals surface area contributed by atoms with E-state index in [0.29, 0.717) is 5.92 Å². The van der Waals surface area contributed by atoms with Crippen molar-refractivity contribution in [3.63, 3.8) is 0 Å². The molecule has 1 fully saturated rings. The van der Waals surface area contributed by atoms with E-state index < -0.39 is 5.82 Å². The van der Waals surface area contributed by atoms with Crippen molar-refractivity contribution in [1.82, 2.24) is 4.90 Å². The second-order valence-corrected chi connectivity index (χ2v) is 5.88. The number of aryl methyl sites for hydroxylation is 1. The van der Waals surface area contributed by atoms with Gasteiger partial charge in [-0.2, -0.15) is 0 Å². The fourth-order valence-corrected chi connectivity index (χ4v) is 2.97. The van der Waals surface area contributed by atoms with Gasteiger partial charge >= 0.3 is 0 Å². The second-order valence-electron chi connectivity index (χ2n) is 5.88. The van der Waals surface area contributed by atoms with Crippen LogP contribution in [0.15, 0.2) is 18.2 Å². The van der Waals surface area contributed by atoms with Gasteiger partial charge in [0.1, 0.15) is 5.82 Å². The first-order valence-electron chi connectivity index (χ1n) is 7.66. The molecular formula is C17H24FNO2. The molecular weight excluding hydrogens is 269 g/mol. The normalized spacial score (nSPS) is 18.8. The maximum Gasteiger partial charge on any atom is 0.256 e. The molecule has 116 valence electrons. The van der Waals surface area contributed by atoms with Crippen LogP contribution in [0.3, 0.4) is 0 Å². The Bertz CT molecular complexity index is 490. The minimum absolute atomic E-state index is 0.177. The number of hydrogen-bond acceptors (Lipinski definition) is 2. The zero-order chi connectivity index (χ0) is 15.2. The molecule has 0 aromatic heterocycles. The van der Waals surface area contributed by atoms with Gasteiger partial charge in [-0.3, -0.25) is 4.79 Å². The number of carbonyl (C=O) groups is 1. The molecule has 1 aromatic rings. The SMILES string of the molecule is COCCC[C@@H]1CCCN(C(=O)c2ccc(C)cc2F)C1. The summed E-state index contributed by atoms with van der Waals surface area (Å²) in [5.74, 6) is -0.0863. The Morgan fingerprint density at radius 2 is 2.29 bits per heavy atom. The van der Waals surface area contributed by atoms with E-state index in [4.69, 9.17) is 4.74 Å². The zero-order valence-electron chi connectivity index (χ0n) is 12.9. The lowest BCUT2D eigenvalue weighted by molar-refractivity contribution is 0.0656. The second kappa shape index (κ2) is 7.55. The van der Waals surface area contributed by atoms with Gasteiger partial charge in [0, 0.05) is 26.8 Å². The highest BCUT2D eigenvalue weighted by Gasteiger charge is 2.25. The Hall–Kier alpha value is -1.42. The Morgan fingerprint density at radius 3 is 3.00 bits per heavy atom. The molecule has 1 aromatic carbocycles. The number of benzene rings is 1. The fourth-order valence-electron chi connectivity index (χ4n) is 2.97. The van der Waals surface area contributed by atoms with Crippen LogP contribution < -0.4 is 0 Å². The van der Waals surface area contributed by atoms with E-state index in [1.54, 1.807) is 24.1 Å². The van der Waals surface area contributed by atoms with Crippen molar-refractivity contribution in [3.05, 3.63) is 35.1 Å². The molecule has 0 spiro atoms. The van der Waals surface area contributed by atoms with Gasteiger partial charge in [-0.15, -0.1) is 0 Å². The number of amides is 1. The summed E-state index contributed by atoms with van der Waals surface area (Å²) in [6, 6.07) is 4.81. The smallest absolute Gasteiger partial charge is 0.256 e. The quantitative estimate of drug-likeness (QED) is 0.779. The molecule has 0 aliphatic carbocycles. The van der Waals surface area contributed by atoms with Gasteiger partial charge in [0.2, 0.25) is 0 Å². The fraction of sp³-hybridized carbons (Fsp3) is 0.588. The zero-order valence-corrected chi connectivity index (χ0v) is 12.9. The van der Waals surface area contributed by atoms with E-state index in [9.17, 15) is 9.18 Å². The van der Waals surface area contributed by atoms with Crippen molar-refractivity contribution in [2.45, 2.75) is 32.6 Å². The van der Waals surface area contributed by atoms with Crippen LogP contribution in [0.4, 0.5) is 4.39 Å². The topological polar surface area (TPSA) is 29.5 Å². The monoisotopic (exact) mass is 293 g/mol. The van der Waals surface area contributed by atoms with Gasteiger partial charge in [-0.05, 0) is 56.2 Å². The van der Waals surface area contributed by atoms with E-state index in [1.807, 2.05) is 6.92 Å². The Labute approximate surface area is 126 Å². The van der Waals surface area contributed by atoms with Gasteiger partial charge in [-0.25, -0.2) is 4.39 Å². The van der Waals surface area contributed by atoms with Gasteiger partial charge in [0.25, 0.3) is 5.91 Å². The van der Waals surface area contributed by atoms with Gasteiger partial charge in [0.05, 0.1) is 5.56 Å². The average Bonchev–Trinajstić information content (AvgIpc) is 2.47. The summed E-state index contributed by atoms with van der Waals surface area (Å²) < 4.78 is 19.0. The highest BCUT2D eigenvalue weighted by molar-refractivity contribution is 5.94. The van der Waals surface area contributed by atoms with E-state index >= 15 is 0 Å². The van der Waals surface area contributed by atoms with E-state index in [0.717, 1.165) is 50.9 Å². The third-order valence-electron chi connectivity index (χ3n) is 4.12. The lowest BCUT2D eigenvalue weighted by Gasteiger charge is -2.33. The summed E-state index contributed by atoms with van der Waals surface area (Å²) >= 11 is 0. The van der Waals surface area contributed by atoms with Crippen LogP contribution >= 0.6 is 0 Å². The molecule has 1 aliphatic heterocycles. The van der Waals surface area contributed by atoms with E-state index in [2.05, 4.69) is 0 Å². The van der Waals surface area contributed by atoms with Crippen molar-refractivity contribution in [2.75, 3.05) is 26.8 Å². The van der Waals surface area contributed by atoms with Gasteiger partial charge < -0.3 is 9.64 Å². The summed E-state index contributed by atoms with van der Waals surface area (Å²) in [7, 11) is 1.71. The molecule has 1 atom stereocenters. The third-order valence-corrected chi connectivity index (χ3v) is 4.12. The maximum atomic E-state index is 13.9. The first-order valence-corrected chi connectivity index (χ1v) is 7.66. The minimum atomic E-state index is -0.415. The average molecular weight is 293 g/mol. The molecule has 4 heteroatoms. The van der Waals surface area contributed by atoms with Crippen LogP contribution in [0.1, 0.15) is 41.6 Å². The van der Waals surface area contributed by atoms with E-state index in [1.165, 1.54) is 6.07 Å². The summed E-state index contributed by atoms with van der Waals surface area (Å²) in [6.07, 6.45) is 4.22. The highest BCUT2D eigenvalue weighted by Crippen LogP contribution is 2.23. The maximum absolute atomic E-state index is 13.9. The summed E-state index contributed by atoms with van der Waals surface area (Å²) in [4.78, 5) is 14.3. The molecule has 0 N–H and O–H groups in total. The first-order chi connectivity index (χ1) is 10.1. The predicted octanol–water partition coefficient (Wildman–Crippen LogP) is 3.41. The molecule has 0 bridgehead atoms. The lowest BCUT2D eigenvalue weighted by Crippen LogP contribution is -2.40.